The van der Waals surface area contributed by atoms with Crippen LogP contribution in [0.3, 0.4) is 0 Å². The number of nitrogens with zero attached hydrogens (tertiary/aromatic N) is 4. The van der Waals surface area contributed by atoms with Gasteiger partial charge in [0.1, 0.15) is 11.9 Å². The van der Waals surface area contributed by atoms with Crippen molar-refractivity contribution in [1.82, 2.24) is 9.38 Å². The van der Waals surface area contributed by atoms with Crippen LogP contribution in [0, 0.1) is 35.0 Å². The maximum absolute atomic E-state index is 9.73. The highest BCUT2D eigenvalue weighted by Crippen LogP contribution is 2.59. The molecule has 0 spiro atoms. The summed E-state index contributed by atoms with van der Waals surface area (Å²) in [5.74, 6) is 1.89. The monoisotopic (exact) mass is 358 g/mol. The van der Waals surface area contributed by atoms with Crippen molar-refractivity contribution in [2.24, 2.45) is 16.7 Å². The van der Waals surface area contributed by atoms with E-state index in [0.29, 0.717) is 22.3 Å². The fourth-order valence-corrected chi connectivity index (χ4v) is 5.50. The Kier molecular flexibility index (Phi) is 3.23. The van der Waals surface area contributed by atoms with Gasteiger partial charge in [-0.2, -0.15) is 5.26 Å². The van der Waals surface area contributed by atoms with Crippen LogP contribution in [0.2, 0.25) is 0 Å². The molecule has 2 fully saturated rings. The Morgan fingerprint density at radius 2 is 2.00 bits per heavy atom. The van der Waals surface area contributed by atoms with Crippen LogP contribution in [-0.4, -0.2) is 22.5 Å². The standard InChI is InChI=1S/C23H26N4/c1-15-11-20(26-13-16-9-10-23(4,14-26)22(16,2)3)27-19-8-6-5-7-18(19)25-21(27)17(15)12-24/h5-8,11,16H,9-10,13-14H2,1-4H3/t16-,23+/m1/s1. The number of aromatic nitrogens is 2. The highest BCUT2D eigenvalue weighted by molar-refractivity contribution is 5.85. The number of hydrogen-bond acceptors (Lipinski definition) is 3. The molecule has 0 amide bonds. The first-order chi connectivity index (χ1) is 12.9. The molecular formula is C23H26N4. The molecule has 2 aromatic heterocycles. The molecule has 1 aliphatic heterocycles. The van der Waals surface area contributed by atoms with Crippen molar-refractivity contribution in [1.29, 1.82) is 5.26 Å². The van der Waals surface area contributed by atoms with E-state index < -0.39 is 0 Å². The first-order valence-electron chi connectivity index (χ1n) is 9.91. The lowest BCUT2D eigenvalue weighted by Gasteiger charge is -2.51. The zero-order valence-corrected chi connectivity index (χ0v) is 16.6. The van der Waals surface area contributed by atoms with E-state index in [-0.39, 0.29) is 0 Å². The molecular weight excluding hydrogens is 332 g/mol. The van der Waals surface area contributed by atoms with Crippen molar-refractivity contribution < 1.29 is 0 Å². The highest BCUT2D eigenvalue weighted by Gasteiger charge is 2.55. The second kappa shape index (κ2) is 5.25. The van der Waals surface area contributed by atoms with Crippen LogP contribution >= 0.6 is 0 Å². The van der Waals surface area contributed by atoms with Crippen LogP contribution in [0.15, 0.2) is 30.3 Å². The molecule has 2 aliphatic rings. The molecule has 138 valence electrons. The van der Waals surface area contributed by atoms with Crippen molar-refractivity contribution in [3.63, 3.8) is 0 Å². The number of piperidine rings is 1. The molecule has 1 saturated heterocycles. The van der Waals surface area contributed by atoms with Crippen LogP contribution < -0.4 is 4.90 Å². The Hall–Kier alpha value is -2.54. The number of rotatable bonds is 1. The molecule has 4 heteroatoms. The smallest absolute Gasteiger partial charge is 0.157 e. The van der Waals surface area contributed by atoms with Crippen LogP contribution in [-0.2, 0) is 0 Å². The number of benzene rings is 1. The molecule has 5 rings (SSSR count). The molecule has 2 bridgehead atoms. The third-order valence-electron chi connectivity index (χ3n) is 7.79. The summed E-state index contributed by atoms with van der Waals surface area (Å²) in [5, 5.41) is 9.73. The van der Waals surface area contributed by atoms with Gasteiger partial charge in [-0.25, -0.2) is 4.98 Å². The molecule has 1 aromatic carbocycles. The van der Waals surface area contributed by atoms with E-state index in [4.69, 9.17) is 4.98 Å². The van der Waals surface area contributed by atoms with Crippen molar-refractivity contribution >= 4 is 22.5 Å². The van der Waals surface area contributed by atoms with E-state index in [9.17, 15) is 5.26 Å². The van der Waals surface area contributed by atoms with Gasteiger partial charge in [0, 0.05) is 13.1 Å². The lowest BCUT2D eigenvalue weighted by Crippen LogP contribution is -2.52. The third kappa shape index (κ3) is 2.06. The normalized spacial score (nSPS) is 26.6. The molecule has 0 N–H and O–H groups in total. The summed E-state index contributed by atoms with van der Waals surface area (Å²) in [6.45, 7) is 11.5. The van der Waals surface area contributed by atoms with Crippen molar-refractivity contribution in [2.75, 3.05) is 18.0 Å². The number of imidazole rings is 1. The average molecular weight is 358 g/mol. The van der Waals surface area contributed by atoms with Crippen molar-refractivity contribution in [3.05, 3.63) is 41.5 Å². The molecule has 2 atom stereocenters. The summed E-state index contributed by atoms with van der Waals surface area (Å²) in [6.07, 6.45) is 2.60. The number of para-hydroxylation sites is 2. The van der Waals surface area contributed by atoms with E-state index in [2.05, 4.69) is 54.3 Å². The van der Waals surface area contributed by atoms with Gasteiger partial charge in [-0.3, -0.25) is 4.40 Å². The zero-order chi connectivity index (χ0) is 19.0. The molecule has 0 unspecified atom stereocenters. The van der Waals surface area contributed by atoms with Crippen LogP contribution in [0.25, 0.3) is 16.7 Å². The first-order valence-corrected chi connectivity index (χ1v) is 9.91. The Balaban J connectivity index is 1.76. The van der Waals surface area contributed by atoms with Crippen LogP contribution in [0.5, 0.6) is 0 Å². The van der Waals surface area contributed by atoms with Gasteiger partial charge in [-0.05, 0) is 60.3 Å². The minimum atomic E-state index is 0.320. The van der Waals surface area contributed by atoms with E-state index in [1.807, 2.05) is 19.1 Å². The molecule has 4 nitrogen and oxygen atoms in total. The number of fused-ring (bicyclic) bond motifs is 5. The number of hydrogen-bond donors (Lipinski definition) is 0. The lowest BCUT2D eigenvalue weighted by molar-refractivity contribution is 0.0694. The molecule has 0 radical (unpaired) electrons. The summed E-state index contributed by atoms with van der Waals surface area (Å²) in [5.41, 5.74) is 5.21. The molecule has 27 heavy (non-hydrogen) atoms. The number of pyridine rings is 1. The quantitative estimate of drug-likeness (QED) is 0.619. The highest BCUT2D eigenvalue weighted by atomic mass is 15.3. The van der Waals surface area contributed by atoms with Gasteiger partial charge in [0.15, 0.2) is 5.65 Å². The van der Waals surface area contributed by atoms with Crippen LogP contribution in [0.1, 0.15) is 44.7 Å². The van der Waals surface area contributed by atoms with Gasteiger partial charge < -0.3 is 4.90 Å². The predicted octanol–water partition coefficient (Wildman–Crippen LogP) is 4.93. The maximum atomic E-state index is 9.73. The largest absolute Gasteiger partial charge is 0.357 e. The topological polar surface area (TPSA) is 44.3 Å². The van der Waals surface area contributed by atoms with E-state index in [1.165, 1.54) is 18.7 Å². The minimum absolute atomic E-state index is 0.320. The second-order valence-corrected chi connectivity index (χ2v) is 9.33. The number of aryl methyl sites for hydroxylation is 1. The van der Waals surface area contributed by atoms with Gasteiger partial charge in [0.25, 0.3) is 0 Å². The third-order valence-corrected chi connectivity index (χ3v) is 7.79. The summed E-state index contributed by atoms with van der Waals surface area (Å²) < 4.78 is 2.21. The maximum Gasteiger partial charge on any atom is 0.157 e. The summed E-state index contributed by atoms with van der Waals surface area (Å²) >= 11 is 0. The summed E-state index contributed by atoms with van der Waals surface area (Å²) in [6, 6.07) is 12.8. The Labute approximate surface area is 160 Å². The Bertz CT molecular complexity index is 1120. The minimum Gasteiger partial charge on any atom is -0.357 e. The number of anilines is 1. The van der Waals surface area contributed by atoms with Crippen LogP contribution in [0.4, 0.5) is 5.82 Å². The van der Waals surface area contributed by atoms with Crippen molar-refractivity contribution in [3.8, 4) is 6.07 Å². The molecule has 3 aromatic rings. The lowest BCUT2D eigenvalue weighted by atomic mass is 9.63. The number of nitriles is 1. The molecule has 1 saturated carbocycles. The average Bonchev–Trinajstić information content (AvgIpc) is 3.02. The first kappa shape index (κ1) is 16.6. The SMILES string of the molecule is Cc1cc(N2C[C@H]3CC[C@@](C)(C2)C3(C)C)n2c(nc3ccccc32)c1C#N. The van der Waals surface area contributed by atoms with E-state index >= 15 is 0 Å². The fraction of sp³-hybridized carbons (Fsp3) is 0.478. The molecule has 3 heterocycles. The van der Waals surface area contributed by atoms with E-state index in [0.717, 1.165) is 35.3 Å². The van der Waals surface area contributed by atoms with E-state index in [1.54, 1.807) is 0 Å². The van der Waals surface area contributed by atoms with Gasteiger partial charge in [-0.15, -0.1) is 0 Å². The van der Waals surface area contributed by atoms with Gasteiger partial charge in [0.05, 0.1) is 16.6 Å². The van der Waals surface area contributed by atoms with Gasteiger partial charge in [0.2, 0.25) is 0 Å². The zero-order valence-electron chi connectivity index (χ0n) is 16.6. The Morgan fingerprint density at radius 3 is 2.74 bits per heavy atom. The predicted molar refractivity (Wildman–Crippen MR) is 109 cm³/mol. The molecule has 1 aliphatic carbocycles. The van der Waals surface area contributed by atoms with Gasteiger partial charge >= 0.3 is 0 Å². The van der Waals surface area contributed by atoms with Crippen molar-refractivity contribution in [2.45, 2.75) is 40.5 Å². The Morgan fingerprint density at radius 1 is 1.22 bits per heavy atom. The summed E-state index contributed by atoms with van der Waals surface area (Å²) in [4.78, 5) is 7.37. The fourth-order valence-electron chi connectivity index (χ4n) is 5.50. The van der Waals surface area contributed by atoms with Gasteiger partial charge in [-0.1, -0.05) is 32.9 Å². The summed E-state index contributed by atoms with van der Waals surface area (Å²) in [7, 11) is 0. The second-order valence-electron chi connectivity index (χ2n) is 9.33.